The number of hydrogen-bond acceptors (Lipinski definition) is 2. The van der Waals surface area contributed by atoms with Gasteiger partial charge >= 0.3 is 6.18 Å². The summed E-state index contributed by atoms with van der Waals surface area (Å²) in [5.41, 5.74) is 0.782. The van der Waals surface area contributed by atoms with E-state index in [-0.39, 0.29) is 12.3 Å². The third kappa shape index (κ3) is 4.37. The zero-order valence-corrected chi connectivity index (χ0v) is 15.5. The van der Waals surface area contributed by atoms with Crippen molar-refractivity contribution in [1.82, 2.24) is 5.32 Å². The zero-order chi connectivity index (χ0) is 19.6. The molecule has 0 radical (unpaired) electrons. The van der Waals surface area contributed by atoms with Gasteiger partial charge in [0, 0.05) is 6.04 Å². The monoisotopic (exact) mass is 379 g/mol. The van der Waals surface area contributed by atoms with Crippen LogP contribution in [-0.4, -0.2) is 25.2 Å². The maximum Gasteiger partial charge on any atom is 0.393 e. The van der Waals surface area contributed by atoms with Crippen LogP contribution in [0.2, 0.25) is 0 Å². The number of carbonyl (C=O) groups excluding carboxylic acids is 1. The Morgan fingerprint density at radius 2 is 1.78 bits per heavy atom. The Morgan fingerprint density at radius 1 is 1.11 bits per heavy atom. The molecule has 0 heterocycles. The minimum Gasteiger partial charge on any atom is -0.497 e. The third-order valence-electron chi connectivity index (χ3n) is 5.48. The average molecular weight is 379 g/mol. The topological polar surface area (TPSA) is 38.3 Å². The summed E-state index contributed by atoms with van der Waals surface area (Å²) in [6.07, 6.45) is -2.55. The highest BCUT2D eigenvalue weighted by molar-refractivity contribution is 5.88. The second-order valence-corrected chi connectivity index (χ2v) is 7.24. The number of halogens is 3. The third-order valence-corrected chi connectivity index (χ3v) is 5.48. The van der Waals surface area contributed by atoms with Crippen molar-refractivity contribution in [3.63, 3.8) is 0 Å². The van der Waals surface area contributed by atoms with Gasteiger partial charge in [-0.25, -0.2) is 0 Å². The molecule has 146 valence electrons. The lowest BCUT2D eigenvalue weighted by atomic mass is 9.83. The van der Waals surface area contributed by atoms with E-state index in [1.165, 1.54) is 0 Å². The molecule has 3 rings (SSSR count). The van der Waals surface area contributed by atoms with Crippen LogP contribution in [0, 0.1) is 5.92 Å². The summed E-state index contributed by atoms with van der Waals surface area (Å²) in [5.74, 6) is -1.58. The van der Waals surface area contributed by atoms with Gasteiger partial charge in [0.2, 0.25) is 5.91 Å². The van der Waals surface area contributed by atoms with E-state index >= 15 is 0 Å². The van der Waals surface area contributed by atoms with Gasteiger partial charge < -0.3 is 10.1 Å². The van der Waals surface area contributed by atoms with E-state index in [1.807, 2.05) is 36.4 Å². The summed E-state index contributed by atoms with van der Waals surface area (Å²) in [4.78, 5) is 12.6. The molecule has 0 saturated heterocycles. The van der Waals surface area contributed by atoms with E-state index in [1.54, 1.807) is 14.0 Å². The van der Waals surface area contributed by atoms with Gasteiger partial charge in [-0.3, -0.25) is 4.79 Å². The summed E-state index contributed by atoms with van der Waals surface area (Å²) in [6.45, 7) is 1.73. The first-order valence-electron chi connectivity index (χ1n) is 9.24. The molecule has 3 atom stereocenters. The van der Waals surface area contributed by atoms with Crippen molar-refractivity contribution in [2.24, 2.45) is 5.92 Å². The lowest BCUT2D eigenvalue weighted by molar-refractivity contribution is -0.189. The normalized spacial score (nSPS) is 21.7. The van der Waals surface area contributed by atoms with Crippen LogP contribution < -0.4 is 10.1 Å². The number of ether oxygens (including phenoxy) is 1. The molecular weight excluding hydrogens is 355 g/mol. The molecule has 6 heteroatoms. The number of rotatable bonds is 4. The fraction of sp³-hybridized carbons (Fsp3) is 0.476. The van der Waals surface area contributed by atoms with Crippen LogP contribution >= 0.6 is 0 Å². The Balaban J connectivity index is 1.75. The fourth-order valence-corrected chi connectivity index (χ4v) is 3.79. The van der Waals surface area contributed by atoms with Crippen LogP contribution in [-0.2, 0) is 4.79 Å². The number of hydrogen-bond donors (Lipinski definition) is 1. The van der Waals surface area contributed by atoms with Crippen LogP contribution in [0.5, 0.6) is 5.75 Å². The maximum atomic E-state index is 13.2. The van der Waals surface area contributed by atoms with E-state index in [0.29, 0.717) is 19.3 Å². The van der Waals surface area contributed by atoms with E-state index in [2.05, 4.69) is 5.32 Å². The van der Waals surface area contributed by atoms with Crippen LogP contribution in [0.1, 0.15) is 44.1 Å². The molecule has 27 heavy (non-hydrogen) atoms. The Kier molecular flexibility index (Phi) is 5.63. The molecule has 0 bridgehead atoms. The highest BCUT2D eigenvalue weighted by atomic mass is 19.4. The first kappa shape index (κ1) is 19.5. The molecule has 0 aromatic heterocycles. The summed E-state index contributed by atoms with van der Waals surface area (Å²) in [6, 6.07) is 10.5. The van der Waals surface area contributed by atoms with E-state index in [4.69, 9.17) is 4.74 Å². The second kappa shape index (κ2) is 7.79. The summed E-state index contributed by atoms with van der Waals surface area (Å²) in [7, 11) is 1.60. The van der Waals surface area contributed by atoms with E-state index in [9.17, 15) is 18.0 Å². The van der Waals surface area contributed by atoms with Crippen molar-refractivity contribution in [1.29, 1.82) is 0 Å². The highest BCUT2D eigenvalue weighted by Crippen LogP contribution is 2.38. The largest absolute Gasteiger partial charge is 0.497 e. The molecular formula is C21H24F3NO2. The Bertz CT molecular complexity index is 819. The minimum atomic E-state index is -4.27. The van der Waals surface area contributed by atoms with Crippen molar-refractivity contribution >= 4 is 16.7 Å². The number of fused-ring (bicyclic) bond motifs is 1. The van der Waals surface area contributed by atoms with Crippen molar-refractivity contribution in [2.45, 2.75) is 50.7 Å². The van der Waals surface area contributed by atoms with Gasteiger partial charge in [0.15, 0.2) is 0 Å². The number of benzene rings is 2. The SMILES string of the molecule is COc1ccc2cc([C@H](C)C(=O)N[C@H]3CCCC[C@@H]3C(F)(F)F)ccc2c1. The number of alkyl halides is 3. The van der Waals surface area contributed by atoms with E-state index in [0.717, 1.165) is 22.1 Å². The van der Waals surface area contributed by atoms with Crippen molar-refractivity contribution in [2.75, 3.05) is 7.11 Å². The van der Waals surface area contributed by atoms with Crippen LogP contribution in [0.15, 0.2) is 36.4 Å². The molecule has 3 nitrogen and oxygen atoms in total. The van der Waals surface area contributed by atoms with Gasteiger partial charge in [0.05, 0.1) is 18.9 Å². The van der Waals surface area contributed by atoms with Crippen molar-refractivity contribution < 1.29 is 22.7 Å². The molecule has 2 aromatic carbocycles. The number of nitrogens with one attached hydrogen (secondary N) is 1. The summed E-state index contributed by atoms with van der Waals surface area (Å²) in [5, 5.41) is 4.60. The summed E-state index contributed by atoms with van der Waals surface area (Å²) >= 11 is 0. The lowest BCUT2D eigenvalue weighted by Crippen LogP contribution is -2.48. The smallest absolute Gasteiger partial charge is 0.393 e. The summed E-state index contributed by atoms with van der Waals surface area (Å²) < 4.78 is 44.9. The van der Waals surface area contributed by atoms with Crippen LogP contribution in [0.4, 0.5) is 13.2 Å². The predicted octanol–water partition coefficient (Wildman–Crippen LogP) is 5.19. The quantitative estimate of drug-likeness (QED) is 0.794. The first-order valence-corrected chi connectivity index (χ1v) is 9.24. The van der Waals surface area contributed by atoms with Gasteiger partial charge in [-0.1, -0.05) is 37.1 Å². The molecule has 0 aliphatic heterocycles. The van der Waals surface area contributed by atoms with E-state index < -0.39 is 24.1 Å². The molecule has 0 unspecified atom stereocenters. The lowest BCUT2D eigenvalue weighted by Gasteiger charge is -2.34. The average Bonchev–Trinajstić information content (AvgIpc) is 2.66. The van der Waals surface area contributed by atoms with Crippen molar-refractivity contribution in [3.05, 3.63) is 42.0 Å². The minimum absolute atomic E-state index is 0.0840. The molecule has 1 aliphatic rings. The molecule has 1 amide bonds. The standard InChI is InChI=1S/C21H24F3NO2/c1-13(14-7-8-16-12-17(27-2)10-9-15(16)11-14)20(26)25-19-6-4-3-5-18(19)21(22,23)24/h7-13,18-19H,3-6H2,1-2H3,(H,25,26)/t13-,18-,19-/m0/s1. The Morgan fingerprint density at radius 3 is 2.48 bits per heavy atom. The predicted molar refractivity (Wildman–Crippen MR) is 98.9 cm³/mol. The molecule has 1 N–H and O–H groups in total. The van der Waals surface area contributed by atoms with Gasteiger partial charge in [0.1, 0.15) is 5.75 Å². The molecule has 1 fully saturated rings. The molecule has 0 spiro atoms. The molecule has 1 saturated carbocycles. The molecule has 2 aromatic rings. The fourth-order valence-electron chi connectivity index (χ4n) is 3.79. The van der Waals surface area contributed by atoms with Crippen LogP contribution in [0.25, 0.3) is 10.8 Å². The van der Waals surface area contributed by atoms with Crippen molar-refractivity contribution in [3.8, 4) is 5.75 Å². The Hall–Kier alpha value is -2.24. The maximum absolute atomic E-state index is 13.2. The van der Waals surface area contributed by atoms with Crippen LogP contribution in [0.3, 0.4) is 0 Å². The van der Waals surface area contributed by atoms with Gasteiger partial charge in [-0.2, -0.15) is 13.2 Å². The second-order valence-electron chi connectivity index (χ2n) is 7.24. The highest BCUT2D eigenvalue weighted by Gasteiger charge is 2.46. The number of amides is 1. The molecule has 1 aliphatic carbocycles. The van der Waals surface area contributed by atoms with Gasteiger partial charge in [0.25, 0.3) is 0 Å². The number of methoxy groups -OCH3 is 1. The zero-order valence-electron chi connectivity index (χ0n) is 15.5. The first-order chi connectivity index (χ1) is 12.8. The Labute approximate surface area is 156 Å². The van der Waals surface area contributed by atoms with Gasteiger partial charge in [-0.05, 0) is 48.2 Å². The van der Waals surface area contributed by atoms with Gasteiger partial charge in [-0.15, -0.1) is 0 Å². The number of carbonyl (C=O) groups is 1.